The van der Waals surface area contributed by atoms with E-state index in [9.17, 15) is 0 Å². The molecule has 1 heterocycles. The standard InChI is InChI=1S/C14H18N4OS/c1-3-10-15-12-16-13(19-4-2)18-14(17-12)20-11-8-6-5-7-9-11/h5-9H,3-4,10H2,1-2H3,(H,15,16,17,18). The van der Waals surface area contributed by atoms with Crippen LogP contribution >= 0.6 is 11.8 Å². The fraction of sp³-hybridized carbons (Fsp3) is 0.357. The van der Waals surface area contributed by atoms with Crippen LogP contribution in [0.1, 0.15) is 20.3 Å². The molecule has 0 spiro atoms. The summed E-state index contributed by atoms with van der Waals surface area (Å²) >= 11 is 1.49. The molecular formula is C14H18N4OS. The van der Waals surface area contributed by atoms with Crippen molar-refractivity contribution in [1.29, 1.82) is 0 Å². The fourth-order valence-corrected chi connectivity index (χ4v) is 2.25. The van der Waals surface area contributed by atoms with E-state index >= 15 is 0 Å². The van der Waals surface area contributed by atoms with Crippen molar-refractivity contribution < 1.29 is 4.74 Å². The number of nitrogens with zero attached hydrogens (tertiary/aromatic N) is 3. The van der Waals surface area contributed by atoms with Crippen molar-refractivity contribution in [1.82, 2.24) is 15.0 Å². The maximum atomic E-state index is 5.39. The number of hydrogen-bond acceptors (Lipinski definition) is 6. The van der Waals surface area contributed by atoms with Crippen molar-refractivity contribution in [3.8, 4) is 6.01 Å². The number of benzene rings is 1. The van der Waals surface area contributed by atoms with Gasteiger partial charge in [0.25, 0.3) is 0 Å². The molecule has 0 saturated carbocycles. The van der Waals surface area contributed by atoms with Crippen molar-refractivity contribution in [2.45, 2.75) is 30.3 Å². The van der Waals surface area contributed by atoms with Gasteiger partial charge < -0.3 is 10.1 Å². The first-order chi connectivity index (χ1) is 9.81. The van der Waals surface area contributed by atoms with E-state index in [1.54, 1.807) is 0 Å². The lowest BCUT2D eigenvalue weighted by molar-refractivity contribution is 0.308. The van der Waals surface area contributed by atoms with Crippen LogP contribution in [0.2, 0.25) is 0 Å². The lowest BCUT2D eigenvalue weighted by Gasteiger charge is -2.08. The van der Waals surface area contributed by atoms with Gasteiger partial charge in [0.1, 0.15) is 0 Å². The Labute approximate surface area is 123 Å². The molecule has 0 unspecified atom stereocenters. The van der Waals surface area contributed by atoms with E-state index in [0.717, 1.165) is 17.9 Å². The monoisotopic (exact) mass is 290 g/mol. The Morgan fingerprint density at radius 1 is 1.10 bits per heavy atom. The molecule has 5 nitrogen and oxygen atoms in total. The number of ether oxygens (including phenoxy) is 1. The molecule has 1 N–H and O–H groups in total. The highest BCUT2D eigenvalue weighted by atomic mass is 32.2. The second kappa shape index (κ2) is 7.69. The van der Waals surface area contributed by atoms with Gasteiger partial charge in [-0.1, -0.05) is 25.1 Å². The lowest BCUT2D eigenvalue weighted by atomic mass is 10.4. The first-order valence-corrected chi connectivity index (χ1v) is 7.49. The highest BCUT2D eigenvalue weighted by Crippen LogP contribution is 2.25. The minimum Gasteiger partial charge on any atom is -0.464 e. The lowest BCUT2D eigenvalue weighted by Crippen LogP contribution is -2.08. The third kappa shape index (κ3) is 4.38. The summed E-state index contributed by atoms with van der Waals surface area (Å²) in [7, 11) is 0. The molecule has 0 radical (unpaired) electrons. The van der Waals surface area contributed by atoms with Crippen molar-refractivity contribution in [3.05, 3.63) is 30.3 Å². The smallest absolute Gasteiger partial charge is 0.322 e. The van der Waals surface area contributed by atoms with E-state index in [-0.39, 0.29) is 0 Å². The molecule has 0 aliphatic carbocycles. The Bertz CT molecular complexity index is 536. The van der Waals surface area contributed by atoms with E-state index in [4.69, 9.17) is 4.74 Å². The average Bonchev–Trinajstić information content (AvgIpc) is 2.46. The molecule has 106 valence electrons. The summed E-state index contributed by atoms with van der Waals surface area (Å²) in [4.78, 5) is 14.0. The second-order valence-corrected chi connectivity index (χ2v) is 5.04. The van der Waals surface area contributed by atoms with Crippen LogP contribution in [0.25, 0.3) is 0 Å². The van der Waals surface area contributed by atoms with Gasteiger partial charge in [-0.25, -0.2) is 0 Å². The maximum Gasteiger partial charge on any atom is 0.322 e. The summed E-state index contributed by atoms with van der Waals surface area (Å²) in [5, 5.41) is 3.80. The maximum absolute atomic E-state index is 5.39. The molecule has 0 saturated heterocycles. The highest BCUT2D eigenvalue weighted by molar-refractivity contribution is 7.99. The molecule has 0 amide bonds. The SMILES string of the molecule is CCCNc1nc(OCC)nc(Sc2ccccc2)n1. The Balaban J connectivity index is 2.19. The van der Waals surface area contributed by atoms with Gasteiger partial charge in [-0.05, 0) is 37.2 Å². The van der Waals surface area contributed by atoms with Gasteiger partial charge in [-0.3, -0.25) is 0 Å². The second-order valence-electron chi connectivity index (χ2n) is 4.00. The number of aromatic nitrogens is 3. The van der Waals surface area contributed by atoms with Crippen molar-refractivity contribution in [3.63, 3.8) is 0 Å². The van der Waals surface area contributed by atoms with Gasteiger partial charge in [0.15, 0.2) is 0 Å². The predicted octanol–water partition coefficient (Wildman–Crippen LogP) is 3.24. The zero-order valence-electron chi connectivity index (χ0n) is 11.7. The molecule has 2 aromatic rings. The van der Waals surface area contributed by atoms with Gasteiger partial charge in [0.05, 0.1) is 6.61 Å². The van der Waals surface area contributed by atoms with E-state index in [2.05, 4.69) is 27.2 Å². The zero-order valence-corrected chi connectivity index (χ0v) is 12.5. The van der Waals surface area contributed by atoms with Crippen molar-refractivity contribution in [2.75, 3.05) is 18.5 Å². The molecule has 2 rings (SSSR count). The fourth-order valence-electron chi connectivity index (χ4n) is 1.49. The molecule has 0 aliphatic rings. The summed E-state index contributed by atoms with van der Waals surface area (Å²) in [6.07, 6.45) is 1.01. The number of hydrogen-bond donors (Lipinski definition) is 1. The minimum absolute atomic E-state index is 0.361. The van der Waals surface area contributed by atoms with Crippen LogP contribution in [0, 0.1) is 0 Å². The van der Waals surface area contributed by atoms with Crippen LogP contribution in [0.15, 0.2) is 40.4 Å². The quantitative estimate of drug-likeness (QED) is 0.844. The van der Waals surface area contributed by atoms with Gasteiger partial charge in [0.2, 0.25) is 11.1 Å². The Morgan fingerprint density at radius 2 is 1.90 bits per heavy atom. The van der Waals surface area contributed by atoms with Crippen LogP contribution in [-0.2, 0) is 0 Å². The number of rotatable bonds is 7. The molecule has 0 aliphatic heterocycles. The van der Waals surface area contributed by atoms with Gasteiger partial charge in [0, 0.05) is 11.4 Å². The predicted molar refractivity (Wildman–Crippen MR) is 80.3 cm³/mol. The van der Waals surface area contributed by atoms with Crippen LogP contribution in [0.4, 0.5) is 5.95 Å². The molecular weight excluding hydrogens is 272 g/mol. The van der Waals surface area contributed by atoms with E-state index in [1.165, 1.54) is 11.8 Å². The molecule has 0 atom stereocenters. The number of anilines is 1. The van der Waals surface area contributed by atoms with E-state index in [0.29, 0.717) is 23.7 Å². The zero-order chi connectivity index (χ0) is 14.2. The van der Waals surface area contributed by atoms with Crippen molar-refractivity contribution in [2.24, 2.45) is 0 Å². The first-order valence-electron chi connectivity index (χ1n) is 6.67. The summed E-state index contributed by atoms with van der Waals surface area (Å²) in [6.45, 7) is 5.36. The average molecular weight is 290 g/mol. The molecule has 0 bridgehead atoms. The summed E-state index contributed by atoms with van der Waals surface area (Å²) in [5.74, 6) is 0.559. The van der Waals surface area contributed by atoms with Crippen LogP contribution in [0.5, 0.6) is 6.01 Å². The summed E-state index contributed by atoms with van der Waals surface area (Å²) < 4.78 is 5.39. The van der Waals surface area contributed by atoms with Gasteiger partial charge in [-0.2, -0.15) is 15.0 Å². The Kier molecular flexibility index (Phi) is 5.61. The van der Waals surface area contributed by atoms with Crippen LogP contribution < -0.4 is 10.1 Å². The van der Waals surface area contributed by atoms with Crippen LogP contribution in [-0.4, -0.2) is 28.1 Å². The molecule has 1 aromatic carbocycles. The molecule has 6 heteroatoms. The Morgan fingerprint density at radius 3 is 2.60 bits per heavy atom. The van der Waals surface area contributed by atoms with Gasteiger partial charge in [-0.15, -0.1) is 0 Å². The minimum atomic E-state index is 0.361. The Hall–Kier alpha value is -1.82. The van der Waals surface area contributed by atoms with E-state index < -0.39 is 0 Å². The first kappa shape index (κ1) is 14.6. The molecule has 0 fully saturated rings. The normalized spacial score (nSPS) is 10.3. The van der Waals surface area contributed by atoms with Crippen molar-refractivity contribution >= 4 is 17.7 Å². The van der Waals surface area contributed by atoms with E-state index in [1.807, 2.05) is 37.3 Å². The van der Waals surface area contributed by atoms with Gasteiger partial charge >= 0.3 is 6.01 Å². The third-order valence-corrected chi connectivity index (χ3v) is 3.23. The molecule has 20 heavy (non-hydrogen) atoms. The third-order valence-electron chi connectivity index (χ3n) is 2.35. The van der Waals surface area contributed by atoms with Crippen LogP contribution in [0.3, 0.4) is 0 Å². The largest absolute Gasteiger partial charge is 0.464 e. The molecule has 1 aromatic heterocycles. The summed E-state index contributed by atoms with van der Waals surface area (Å²) in [6, 6.07) is 10.4. The summed E-state index contributed by atoms with van der Waals surface area (Å²) in [5.41, 5.74) is 0. The topological polar surface area (TPSA) is 59.9 Å². The highest BCUT2D eigenvalue weighted by Gasteiger charge is 2.08. The number of nitrogens with one attached hydrogen (secondary N) is 1.